The number of hydrogen-bond donors (Lipinski definition) is 1. The molecule has 0 saturated carbocycles. The Balaban J connectivity index is 2.20. The van der Waals surface area contributed by atoms with Crippen molar-refractivity contribution in [3.8, 4) is 0 Å². The van der Waals surface area contributed by atoms with E-state index in [0.717, 1.165) is 5.46 Å². The molecule has 0 aromatic carbocycles. The van der Waals surface area contributed by atoms with Crippen LogP contribution in [0.25, 0.3) is 0 Å². The van der Waals surface area contributed by atoms with E-state index in [-0.39, 0.29) is 0 Å². The van der Waals surface area contributed by atoms with Crippen molar-refractivity contribution in [2.75, 3.05) is 40.1 Å². The van der Waals surface area contributed by atoms with Crippen molar-refractivity contribution in [3.63, 3.8) is 0 Å². The Morgan fingerprint density at radius 3 is 2.33 bits per heavy atom. The van der Waals surface area contributed by atoms with E-state index in [0.29, 0.717) is 39.6 Å². The van der Waals surface area contributed by atoms with Gasteiger partial charge in [0.25, 0.3) is 0 Å². The number of aromatic nitrogens is 2. The molecular formula is C16H30BN2O5. The molecule has 24 heavy (non-hydrogen) atoms. The first-order valence-corrected chi connectivity index (χ1v) is 8.16. The molecule has 0 aliphatic carbocycles. The standard InChI is InChI=1S/C16H30BN2O5/c1-15(2,20)16(3,4)24-17-14-12-18-19(13-14)6-7-22-10-11-23-9-8-21-5/h12-13,20H,6-11H2,1-5H3. The summed E-state index contributed by atoms with van der Waals surface area (Å²) in [5.41, 5.74) is -0.796. The molecule has 1 aromatic rings. The number of hydrogen-bond acceptors (Lipinski definition) is 6. The molecule has 0 fully saturated rings. The average molecular weight is 341 g/mol. The van der Waals surface area contributed by atoms with Crippen LogP contribution < -0.4 is 5.46 Å². The summed E-state index contributed by atoms with van der Waals surface area (Å²) in [6.07, 6.45) is 3.59. The van der Waals surface area contributed by atoms with Crippen molar-refractivity contribution in [2.45, 2.75) is 45.4 Å². The predicted molar refractivity (Wildman–Crippen MR) is 92.6 cm³/mol. The first-order valence-electron chi connectivity index (χ1n) is 8.16. The molecule has 0 spiro atoms. The van der Waals surface area contributed by atoms with Gasteiger partial charge in [-0.05, 0) is 33.2 Å². The lowest BCUT2D eigenvalue weighted by atomic mass is 9.84. The van der Waals surface area contributed by atoms with Crippen molar-refractivity contribution in [1.82, 2.24) is 9.78 Å². The smallest absolute Gasteiger partial charge is 0.334 e. The predicted octanol–water partition coefficient (Wildman–Crippen LogP) is 0.373. The van der Waals surface area contributed by atoms with Crippen molar-refractivity contribution in [2.24, 2.45) is 0 Å². The highest BCUT2D eigenvalue weighted by molar-refractivity contribution is 6.46. The van der Waals surface area contributed by atoms with Crippen LogP contribution >= 0.6 is 0 Å². The van der Waals surface area contributed by atoms with Crippen LogP contribution in [0.4, 0.5) is 0 Å². The molecule has 1 aromatic heterocycles. The molecule has 7 nitrogen and oxygen atoms in total. The molecule has 0 amide bonds. The molecule has 1 N–H and O–H groups in total. The van der Waals surface area contributed by atoms with Crippen LogP contribution in [0.1, 0.15) is 27.7 Å². The Kier molecular flexibility index (Phi) is 8.93. The topological polar surface area (TPSA) is 75.0 Å². The molecule has 1 rings (SSSR count). The number of ether oxygens (including phenoxy) is 3. The van der Waals surface area contributed by atoms with Crippen LogP contribution in [0.5, 0.6) is 0 Å². The largest absolute Gasteiger partial charge is 0.427 e. The Labute approximate surface area is 145 Å². The van der Waals surface area contributed by atoms with Crippen LogP contribution in [0.15, 0.2) is 12.4 Å². The fourth-order valence-electron chi connectivity index (χ4n) is 1.54. The van der Waals surface area contributed by atoms with Gasteiger partial charge in [-0.3, -0.25) is 4.68 Å². The Hall–Kier alpha value is -0.925. The average Bonchev–Trinajstić information content (AvgIpc) is 2.95. The summed E-state index contributed by atoms with van der Waals surface area (Å²) in [5, 5.41) is 14.3. The van der Waals surface area contributed by atoms with E-state index in [1.54, 1.807) is 39.3 Å². The fourth-order valence-corrected chi connectivity index (χ4v) is 1.54. The molecule has 0 bridgehead atoms. The van der Waals surface area contributed by atoms with Gasteiger partial charge < -0.3 is 24.0 Å². The lowest BCUT2D eigenvalue weighted by Gasteiger charge is -2.37. The van der Waals surface area contributed by atoms with Crippen molar-refractivity contribution < 1.29 is 24.0 Å². The maximum atomic E-state index is 10.1. The van der Waals surface area contributed by atoms with Gasteiger partial charge in [-0.2, -0.15) is 5.10 Å². The number of methoxy groups -OCH3 is 1. The third-order valence-corrected chi connectivity index (χ3v) is 3.88. The van der Waals surface area contributed by atoms with Crippen molar-refractivity contribution >= 4 is 12.9 Å². The third kappa shape index (κ3) is 7.76. The highest BCUT2D eigenvalue weighted by Gasteiger charge is 2.35. The lowest BCUT2D eigenvalue weighted by molar-refractivity contribution is -0.0893. The van der Waals surface area contributed by atoms with Gasteiger partial charge in [0, 0.05) is 19.5 Å². The molecule has 0 unspecified atom stereocenters. The second-order valence-corrected chi connectivity index (χ2v) is 6.56. The Morgan fingerprint density at radius 2 is 1.71 bits per heavy atom. The molecule has 1 heterocycles. The van der Waals surface area contributed by atoms with Crippen molar-refractivity contribution in [1.29, 1.82) is 0 Å². The molecule has 0 aliphatic heterocycles. The molecule has 8 heteroatoms. The zero-order valence-electron chi connectivity index (χ0n) is 15.4. The summed E-state index contributed by atoms with van der Waals surface area (Å²) >= 11 is 0. The van der Waals surface area contributed by atoms with Crippen LogP contribution in [-0.4, -0.2) is 73.7 Å². The third-order valence-electron chi connectivity index (χ3n) is 3.88. The highest BCUT2D eigenvalue weighted by atomic mass is 16.5. The summed E-state index contributed by atoms with van der Waals surface area (Å²) in [6.45, 7) is 10.6. The van der Waals surface area contributed by atoms with Crippen LogP contribution in [0.3, 0.4) is 0 Å². The Morgan fingerprint density at radius 1 is 1.08 bits per heavy atom. The quantitative estimate of drug-likeness (QED) is 0.413. The van der Waals surface area contributed by atoms with Crippen molar-refractivity contribution in [3.05, 3.63) is 12.4 Å². The summed E-state index contributed by atoms with van der Waals surface area (Å²) < 4.78 is 23.2. The van der Waals surface area contributed by atoms with Gasteiger partial charge in [-0.1, -0.05) is 0 Å². The first-order chi connectivity index (χ1) is 11.3. The minimum atomic E-state index is -0.946. The van der Waals surface area contributed by atoms with Gasteiger partial charge in [-0.25, -0.2) is 0 Å². The monoisotopic (exact) mass is 341 g/mol. The molecule has 0 aliphatic rings. The molecule has 0 atom stereocenters. The fraction of sp³-hybridized carbons (Fsp3) is 0.812. The second kappa shape index (κ2) is 10.2. The van der Waals surface area contributed by atoms with Gasteiger partial charge in [0.1, 0.15) is 0 Å². The molecule has 0 saturated heterocycles. The number of aliphatic hydroxyl groups is 1. The minimum absolute atomic E-state index is 0.548. The minimum Gasteiger partial charge on any atom is -0.427 e. The van der Waals surface area contributed by atoms with E-state index in [1.807, 2.05) is 20.0 Å². The first kappa shape index (κ1) is 21.1. The SMILES string of the molecule is COCCOCCOCCn1cc([B]OC(C)(C)C(C)(C)O)cn1. The van der Waals surface area contributed by atoms with E-state index in [4.69, 9.17) is 18.9 Å². The lowest BCUT2D eigenvalue weighted by Crippen LogP contribution is -2.49. The zero-order valence-corrected chi connectivity index (χ0v) is 15.4. The van der Waals surface area contributed by atoms with Gasteiger partial charge >= 0.3 is 7.48 Å². The highest BCUT2D eigenvalue weighted by Crippen LogP contribution is 2.24. The van der Waals surface area contributed by atoms with Gasteiger partial charge in [0.2, 0.25) is 0 Å². The van der Waals surface area contributed by atoms with E-state index >= 15 is 0 Å². The normalized spacial score (nSPS) is 12.6. The van der Waals surface area contributed by atoms with Crippen LogP contribution in [-0.2, 0) is 25.4 Å². The summed E-state index contributed by atoms with van der Waals surface area (Å²) in [6, 6.07) is 0. The summed E-state index contributed by atoms with van der Waals surface area (Å²) in [4.78, 5) is 0. The van der Waals surface area contributed by atoms with Crippen LogP contribution in [0, 0.1) is 0 Å². The molecule has 1 radical (unpaired) electrons. The molecule has 137 valence electrons. The maximum absolute atomic E-state index is 10.1. The maximum Gasteiger partial charge on any atom is 0.334 e. The summed E-state index contributed by atoms with van der Waals surface area (Å²) in [5.74, 6) is 0. The van der Waals surface area contributed by atoms with Gasteiger partial charge in [0.05, 0.1) is 50.8 Å². The van der Waals surface area contributed by atoms with Gasteiger partial charge in [0.15, 0.2) is 0 Å². The van der Waals surface area contributed by atoms with E-state index < -0.39 is 11.2 Å². The van der Waals surface area contributed by atoms with E-state index in [1.165, 1.54) is 0 Å². The van der Waals surface area contributed by atoms with E-state index in [2.05, 4.69) is 5.10 Å². The van der Waals surface area contributed by atoms with Crippen LogP contribution in [0.2, 0.25) is 0 Å². The zero-order chi connectivity index (χ0) is 18.1. The second-order valence-electron chi connectivity index (χ2n) is 6.56. The van der Waals surface area contributed by atoms with E-state index in [9.17, 15) is 5.11 Å². The molecular weight excluding hydrogens is 311 g/mol. The number of nitrogens with zero attached hydrogens (tertiary/aromatic N) is 2. The van der Waals surface area contributed by atoms with Gasteiger partial charge in [-0.15, -0.1) is 0 Å². The Bertz CT molecular complexity index is 460. The number of rotatable bonds is 13. The summed E-state index contributed by atoms with van der Waals surface area (Å²) in [7, 11) is 3.26.